The minimum Gasteiger partial charge on any atom is -0.493 e. The molecule has 27 heavy (non-hydrogen) atoms. The van der Waals surface area contributed by atoms with Crippen LogP contribution in [0, 0.1) is 0 Å². The van der Waals surface area contributed by atoms with Gasteiger partial charge in [-0.3, -0.25) is 9.59 Å². The van der Waals surface area contributed by atoms with Crippen LogP contribution in [0.1, 0.15) is 46.7 Å². The van der Waals surface area contributed by atoms with Crippen LogP contribution >= 0.6 is 0 Å². The fourth-order valence-corrected chi connectivity index (χ4v) is 3.06. The van der Waals surface area contributed by atoms with Crippen LogP contribution < -0.4 is 4.74 Å². The summed E-state index contributed by atoms with van der Waals surface area (Å²) in [7, 11) is 1.75. The quantitative estimate of drug-likeness (QED) is 0.631. The molecular weight excluding hydrogens is 340 g/mol. The average molecular weight is 364 g/mol. The molecule has 1 heterocycles. The molecule has 0 fully saturated rings. The third-order valence-corrected chi connectivity index (χ3v) is 4.52. The highest BCUT2D eigenvalue weighted by atomic mass is 16.5. The lowest BCUT2D eigenvalue weighted by molar-refractivity contribution is 0.0779. The Morgan fingerprint density at radius 3 is 2.63 bits per heavy atom. The Kier molecular flexibility index (Phi) is 5.60. The number of Topliss-reactive ketones (excluding diaryl/α,β-unsaturated/α-hetero) is 1. The Bertz CT molecular complexity index is 975. The Hall–Kier alpha value is -3.08. The number of fused-ring (bicyclic) bond motifs is 1. The van der Waals surface area contributed by atoms with Crippen LogP contribution in [-0.4, -0.2) is 35.2 Å². The first-order chi connectivity index (χ1) is 13.0. The van der Waals surface area contributed by atoms with E-state index in [0.717, 1.165) is 28.5 Å². The van der Waals surface area contributed by atoms with Crippen molar-refractivity contribution >= 4 is 22.5 Å². The van der Waals surface area contributed by atoms with Gasteiger partial charge in [0.05, 0.1) is 6.61 Å². The van der Waals surface area contributed by atoms with Crippen molar-refractivity contribution in [2.24, 2.45) is 0 Å². The number of nitrogens with zero attached hydrogens (tertiary/aromatic N) is 1. The highest BCUT2D eigenvalue weighted by Gasteiger charge is 2.18. The van der Waals surface area contributed by atoms with E-state index in [-0.39, 0.29) is 11.7 Å². The Labute approximate surface area is 158 Å². The fraction of sp³-hybridized carbons (Fsp3) is 0.273. The molecule has 2 aromatic carbocycles. The highest BCUT2D eigenvalue weighted by molar-refractivity contribution is 5.99. The molecule has 0 aliphatic rings. The van der Waals surface area contributed by atoms with Crippen molar-refractivity contribution < 1.29 is 14.3 Å². The summed E-state index contributed by atoms with van der Waals surface area (Å²) in [6.07, 6.45) is 2.48. The van der Waals surface area contributed by atoms with E-state index in [9.17, 15) is 9.59 Å². The zero-order chi connectivity index (χ0) is 19.4. The molecule has 0 atom stereocenters. The van der Waals surface area contributed by atoms with Gasteiger partial charge in [-0.1, -0.05) is 37.3 Å². The SMILES string of the molecule is CCCOc1ccc2ccccc2c1CN(C)C(=O)c1cc(C(C)=O)c[nH]1. The standard InChI is InChI=1S/C22H24N2O3/c1-4-11-27-21-10-9-16-7-5-6-8-18(16)19(21)14-24(3)22(26)20-12-17(13-23-20)15(2)25/h5-10,12-13,23H,4,11,14H2,1-3H3. The predicted octanol–water partition coefficient (Wildman–Crippen LogP) is 4.43. The van der Waals surface area contributed by atoms with E-state index < -0.39 is 0 Å². The summed E-state index contributed by atoms with van der Waals surface area (Å²) in [5.74, 6) is 0.556. The van der Waals surface area contributed by atoms with E-state index in [1.807, 2.05) is 36.4 Å². The van der Waals surface area contributed by atoms with Gasteiger partial charge in [-0.2, -0.15) is 0 Å². The molecule has 1 amide bonds. The van der Waals surface area contributed by atoms with Crippen LogP contribution in [0.3, 0.4) is 0 Å². The van der Waals surface area contributed by atoms with Gasteiger partial charge in [0.25, 0.3) is 5.91 Å². The molecule has 0 unspecified atom stereocenters. The van der Waals surface area contributed by atoms with Crippen molar-refractivity contribution in [3.8, 4) is 5.75 Å². The molecule has 5 heteroatoms. The first-order valence-electron chi connectivity index (χ1n) is 9.09. The maximum atomic E-state index is 12.8. The zero-order valence-electron chi connectivity index (χ0n) is 15.9. The van der Waals surface area contributed by atoms with E-state index >= 15 is 0 Å². The first kappa shape index (κ1) is 18.7. The van der Waals surface area contributed by atoms with Crippen molar-refractivity contribution in [3.63, 3.8) is 0 Å². The number of aromatic amines is 1. The lowest BCUT2D eigenvalue weighted by Crippen LogP contribution is -2.27. The molecule has 0 spiro atoms. The maximum Gasteiger partial charge on any atom is 0.270 e. The first-order valence-corrected chi connectivity index (χ1v) is 9.09. The number of carbonyl (C=O) groups is 2. The molecule has 0 saturated heterocycles. The van der Waals surface area contributed by atoms with Crippen molar-refractivity contribution in [2.75, 3.05) is 13.7 Å². The van der Waals surface area contributed by atoms with E-state index in [0.29, 0.717) is 24.4 Å². The van der Waals surface area contributed by atoms with Crippen LogP contribution in [0.5, 0.6) is 5.75 Å². The second-order valence-electron chi connectivity index (χ2n) is 6.63. The van der Waals surface area contributed by atoms with Gasteiger partial charge >= 0.3 is 0 Å². The summed E-state index contributed by atoms with van der Waals surface area (Å²) in [4.78, 5) is 28.8. The molecule has 0 aliphatic heterocycles. The number of amides is 1. The zero-order valence-corrected chi connectivity index (χ0v) is 15.9. The van der Waals surface area contributed by atoms with E-state index in [1.165, 1.54) is 6.92 Å². The summed E-state index contributed by atoms with van der Waals surface area (Å²) in [6.45, 7) is 4.58. The average Bonchev–Trinajstić information content (AvgIpc) is 3.17. The third kappa shape index (κ3) is 4.03. The fourth-order valence-electron chi connectivity index (χ4n) is 3.06. The molecule has 1 N–H and O–H groups in total. The smallest absolute Gasteiger partial charge is 0.270 e. The van der Waals surface area contributed by atoms with Gasteiger partial charge in [0, 0.05) is 30.9 Å². The van der Waals surface area contributed by atoms with E-state index in [4.69, 9.17) is 4.74 Å². The number of hydrogen-bond acceptors (Lipinski definition) is 3. The second kappa shape index (κ2) is 8.08. The van der Waals surface area contributed by atoms with Crippen LogP contribution in [-0.2, 0) is 6.54 Å². The maximum absolute atomic E-state index is 12.8. The molecule has 3 rings (SSSR count). The molecule has 1 aromatic heterocycles. The number of hydrogen-bond donors (Lipinski definition) is 1. The Morgan fingerprint density at radius 1 is 1.15 bits per heavy atom. The Morgan fingerprint density at radius 2 is 1.93 bits per heavy atom. The number of benzene rings is 2. The van der Waals surface area contributed by atoms with Gasteiger partial charge in [-0.25, -0.2) is 0 Å². The number of ether oxygens (including phenoxy) is 1. The molecule has 0 saturated carbocycles. The van der Waals surface area contributed by atoms with Crippen molar-refractivity contribution in [3.05, 3.63) is 65.5 Å². The topological polar surface area (TPSA) is 62.4 Å². The number of nitrogens with one attached hydrogen (secondary N) is 1. The molecular formula is C22H24N2O3. The van der Waals surface area contributed by atoms with Gasteiger partial charge in [0.1, 0.15) is 11.4 Å². The van der Waals surface area contributed by atoms with Gasteiger partial charge in [0.2, 0.25) is 0 Å². The normalized spacial score (nSPS) is 10.8. The van der Waals surface area contributed by atoms with Crippen LogP contribution in [0.25, 0.3) is 10.8 Å². The largest absolute Gasteiger partial charge is 0.493 e. The van der Waals surface area contributed by atoms with E-state index in [1.54, 1.807) is 24.2 Å². The number of aromatic nitrogens is 1. The van der Waals surface area contributed by atoms with Gasteiger partial charge in [0.15, 0.2) is 5.78 Å². The molecule has 0 bridgehead atoms. The minimum absolute atomic E-state index is 0.0720. The van der Waals surface area contributed by atoms with Crippen LogP contribution in [0.2, 0.25) is 0 Å². The van der Waals surface area contributed by atoms with E-state index in [2.05, 4.69) is 11.9 Å². The molecule has 140 valence electrons. The summed E-state index contributed by atoms with van der Waals surface area (Å²) in [5.41, 5.74) is 1.89. The van der Waals surface area contributed by atoms with Crippen molar-refractivity contribution in [1.29, 1.82) is 0 Å². The van der Waals surface area contributed by atoms with Crippen molar-refractivity contribution in [2.45, 2.75) is 26.8 Å². The molecule has 5 nitrogen and oxygen atoms in total. The number of rotatable bonds is 7. The molecule has 0 aliphatic carbocycles. The summed E-state index contributed by atoms with van der Waals surface area (Å²) in [5, 5.41) is 2.18. The van der Waals surface area contributed by atoms with Gasteiger partial charge in [-0.15, -0.1) is 0 Å². The monoisotopic (exact) mass is 364 g/mol. The van der Waals surface area contributed by atoms with Crippen LogP contribution in [0.4, 0.5) is 0 Å². The lowest BCUT2D eigenvalue weighted by atomic mass is 10.0. The predicted molar refractivity (Wildman–Crippen MR) is 106 cm³/mol. The summed E-state index contributed by atoms with van der Waals surface area (Å²) >= 11 is 0. The minimum atomic E-state index is -0.170. The molecule has 3 aromatic rings. The highest BCUT2D eigenvalue weighted by Crippen LogP contribution is 2.29. The number of ketones is 1. The summed E-state index contributed by atoms with van der Waals surface area (Å²) < 4.78 is 5.93. The Balaban J connectivity index is 1.91. The third-order valence-electron chi connectivity index (χ3n) is 4.52. The summed E-state index contributed by atoms with van der Waals surface area (Å²) in [6, 6.07) is 13.7. The number of H-pyrrole nitrogens is 1. The second-order valence-corrected chi connectivity index (χ2v) is 6.63. The van der Waals surface area contributed by atoms with Gasteiger partial charge < -0.3 is 14.6 Å². The van der Waals surface area contributed by atoms with Gasteiger partial charge in [-0.05, 0) is 36.2 Å². The molecule has 0 radical (unpaired) electrons. The number of carbonyl (C=O) groups excluding carboxylic acids is 2. The van der Waals surface area contributed by atoms with Crippen molar-refractivity contribution in [1.82, 2.24) is 9.88 Å². The van der Waals surface area contributed by atoms with Crippen LogP contribution in [0.15, 0.2) is 48.7 Å². The lowest BCUT2D eigenvalue weighted by Gasteiger charge is -2.20.